The number of hydrogen-bond donors (Lipinski definition) is 2. The molecule has 0 saturated carbocycles. The van der Waals surface area contributed by atoms with E-state index >= 15 is 0 Å². The monoisotopic (exact) mass is 273 g/mol. The number of nitrogen functional groups attached to an aromatic ring is 1. The summed E-state index contributed by atoms with van der Waals surface area (Å²) in [5, 5.41) is 11.6. The van der Waals surface area contributed by atoms with E-state index in [4.69, 9.17) is 11.0 Å². The molecule has 0 bridgehead atoms. The first-order valence-corrected chi connectivity index (χ1v) is 6.81. The number of hydrogen-bond acceptors (Lipinski definition) is 3. The molecule has 0 aliphatic carbocycles. The third-order valence-corrected chi connectivity index (χ3v) is 2.95. The highest BCUT2D eigenvalue weighted by Crippen LogP contribution is 2.26. The number of nitrogens with zero attached hydrogens (tertiary/aromatic N) is 1. The van der Waals surface area contributed by atoms with E-state index in [1.165, 1.54) is 0 Å². The van der Waals surface area contributed by atoms with E-state index in [9.17, 15) is 4.79 Å². The van der Waals surface area contributed by atoms with E-state index in [0.717, 1.165) is 6.42 Å². The number of nitrogens with two attached hydrogens (primary N) is 1. The molecule has 4 nitrogen and oxygen atoms in total. The smallest absolute Gasteiger partial charge is 0.224 e. The molecule has 1 rings (SSSR count). The van der Waals surface area contributed by atoms with Crippen molar-refractivity contribution in [3.63, 3.8) is 0 Å². The van der Waals surface area contributed by atoms with Crippen molar-refractivity contribution in [2.24, 2.45) is 11.3 Å². The number of anilines is 2. The van der Waals surface area contributed by atoms with Gasteiger partial charge in [0.2, 0.25) is 5.91 Å². The lowest BCUT2D eigenvalue weighted by atomic mass is 9.84. The second-order valence-corrected chi connectivity index (χ2v) is 6.54. The highest BCUT2D eigenvalue weighted by Gasteiger charge is 2.18. The third-order valence-electron chi connectivity index (χ3n) is 2.95. The van der Waals surface area contributed by atoms with Crippen molar-refractivity contribution in [3.8, 4) is 6.07 Å². The van der Waals surface area contributed by atoms with E-state index in [-0.39, 0.29) is 11.3 Å². The van der Waals surface area contributed by atoms with Gasteiger partial charge in [0.1, 0.15) is 0 Å². The molecule has 20 heavy (non-hydrogen) atoms. The summed E-state index contributed by atoms with van der Waals surface area (Å²) in [6.45, 7) is 8.58. The van der Waals surface area contributed by atoms with E-state index in [2.05, 4.69) is 33.0 Å². The Kier molecular flexibility index (Phi) is 5.15. The van der Waals surface area contributed by atoms with Crippen LogP contribution >= 0.6 is 0 Å². The van der Waals surface area contributed by atoms with Gasteiger partial charge in [0.05, 0.1) is 23.0 Å². The molecule has 0 aliphatic heterocycles. The van der Waals surface area contributed by atoms with Crippen molar-refractivity contribution >= 4 is 17.3 Å². The van der Waals surface area contributed by atoms with Crippen LogP contribution in [0.1, 0.15) is 46.1 Å². The SMILES string of the molecule is CC(CC(=O)Nc1ccc(C#N)cc1N)CC(C)(C)C. The summed E-state index contributed by atoms with van der Waals surface area (Å²) in [6.07, 6.45) is 1.46. The first kappa shape index (κ1) is 16.0. The average Bonchev–Trinajstić information content (AvgIpc) is 2.28. The highest BCUT2D eigenvalue weighted by atomic mass is 16.1. The van der Waals surface area contributed by atoms with Gasteiger partial charge in [0.25, 0.3) is 0 Å². The average molecular weight is 273 g/mol. The van der Waals surface area contributed by atoms with Crippen LogP contribution in [0, 0.1) is 22.7 Å². The van der Waals surface area contributed by atoms with Gasteiger partial charge in [-0.15, -0.1) is 0 Å². The number of carbonyl (C=O) groups excluding carboxylic acids is 1. The minimum atomic E-state index is -0.0434. The standard InChI is InChI=1S/C16H23N3O/c1-11(9-16(2,3)4)7-15(20)19-14-6-5-12(10-17)8-13(14)18/h5-6,8,11H,7,9,18H2,1-4H3,(H,19,20). The van der Waals surface area contributed by atoms with Crippen LogP contribution in [0.25, 0.3) is 0 Å². The maximum Gasteiger partial charge on any atom is 0.224 e. The molecule has 1 unspecified atom stereocenters. The number of carbonyl (C=O) groups is 1. The molecule has 0 aliphatic rings. The molecule has 0 spiro atoms. The van der Waals surface area contributed by atoms with Crippen molar-refractivity contribution in [2.75, 3.05) is 11.1 Å². The summed E-state index contributed by atoms with van der Waals surface area (Å²) in [4.78, 5) is 12.0. The molecule has 0 saturated heterocycles. The maximum absolute atomic E-state index is 12.0. The van der Waals surface area contributed by atoms with Crippen LogP contribution < -0.4 is 11.1 Å². The second-order valence-electron chi connectivity index (χ2n) is 6.54. The number of amides is 1. The predicted octanol–water partition coefficient (Wildman–Crippen LogP) is 3.54. The summed E-state index contributed by atoms with van der Waals surface area (Å²) in [5.41, 5.74) is 7.50. The first-order valence-electron chi connectivity index (χ1n) is 6.81. The van der Waals surface area contributed by atoms with Crippen molar-refractivity contribution < 1.29 is 4.79 Å². The molecular weight excluding hydrogens is 250 g/mol. The molecule has 108 valence electrons. The van der Waals surface area contributed by atoms with Gasteiger partial charge in [0.15, 0.2) is 0 Å². The number of nitrogens with one attached hydrogen (secondary N) is 1. The van der Waals surface area contributed by atoms with E-state index in [0.29, 0.717) is 29.3 Å². The molecule has 0 fully saturated rings. The fourth-order valence-electron chi connectivity index (χ4n) is 2.38. The molecular formula is C16H23N3O. The van der Waals surface area contributed by atoms with Crippen LogP contribution in [-0.4, -0.2) is 5.91 Å². The highest BCUT2D eigenvalue weighted by molar-refractivity contribution is 5.94. The molecule has 0 aromatic heterocycles. The molecule has 1 atom stereocenters. The Morgan fingerprint density at radius 1 is 1.45 bits per heavy atom. The zero-order valence-corrected chi connectivity index (χ0v) is 12.7. The van der Waals surface area contributed by atoms with Gasteiger partial charge in [-0.1, -0.05) is 27.7 Å². The summed E-state index contributed by atoms with van der Waals surface area (Å²) in [6, 6.07) is 6.89. The number of nitriles is 1. The second kappa shape index (κ2) is 6.42. The van der Waals surface area contributed by atoms with E-state index in [1.54, 1.807) is 18.2 Å². The predicted molar refractivity (Wildman–Crippen MR) is 82.1 cm³/mol. The Balaban J connectivity index is 2.61. The molecule has 0 heterocycles. The van der Waals surface area contributed by atoms with Gasteiger partial charge in [-0.2, -0.15) is 5.26 Å². The van der Waals surface area contributed by atoms with Crippen LogP contribution in [0.2, 0.25) is 0 Å². The Morgan fingerprint density at radius 2 is 2.10 bits per heavy atom. The minimum Gasteiger partial charge on any atom is -0.397 e. The fraction of sp³-hybridized carbons (Fsp3) is 0.500. The lowest BCUT2D eigenvalue weighted by Gasteiger charge is -2.22. The van der Waals surface area contributed by atoms with Gasteiger partial charge in [-0.05, 0) is 36.0 Å². The van der Waals surface area contributed by atoms with E-state index < -0.39 is 0 Å². The van der Waals surface area contributed by atoms with Crippen molar-refractivity contribution in [1.29, 1.82) is 5.26 Å². The fourth-order valence-corrected chi connectivity index (χ4v) is 2.38. The van der Waals surface area contributed by atoms with Crippen LogP contribution in [0.4, 0.5) is 11.4 Å². The van der Waals surface area contributed by atoms with Gasteiger partial charge in [-0.3, -0.25) is 4.79 Å². The quantitative estimate of drug-likeness (QED) is 0.823. The Bertz CT molecular complexity index is 524. The summed E-state index contributed by atoms with van der Waals surface area (Å²) in [5.74, 6) is 0.271. The van der Waals surface area contributed by atoms with Crippen molar-refractivity contribution in [3.05, 3.63) is 23.8 Å². The Morgan fingerprint density at radius 3 is 2.60 bits per heavy atom. The molecule has 1 amide bonds. The molecule has 0 radical (unpaired) electrons. The van der Waals surface area contributed by atoms with Crippen molar-refractivity contribution in [2.45, 2.75) is 40.5 Å². The number of benzene rings is 1. The van der Waals surface area contributed by atoms with Crippen molar-refractivity contribution in [1.82, 2.24) is 0 Å². The van der Waals surface area contributed by atoms with Gasteiger partial charge in [-0.25, -0.2) is 0 Å². The molecule has 3 N–H and O–H groups in total. The first-order chi connectivity index (χ1) is 9.21. The molecule has 1 aromatic carbocycles. The Labute approximate surface area is 121 Å². The van der Waals surface area contributed by atoms with Crippen LogP contribution in [0.3, 0.4) is 0 Å². The topological polar surface area (TPSA) is 78.9 Å². The van der Waals surface area contributed by atoms with Crippen LogP contribution in [0.15, 0.2) is 18.2 Å². The summed E-state index contributed by atoms with van der Waals surface area (Å²) in [7, 11) is 0. The van der Waals surface area contributed by atoms with Crippen LogP contribution in [-0.2, 0) is 4.79 Å². The molecule has 4 heteroatoms. The summed E-state index contributed by atoms with van der Waals surface area (Å²) < 4.78 is 0. The largest absolute Gasteiger partial charge is 0.397 e. The Hall–Kier alpha value is -2.02. The van der Waals surface area contributed by atoms with Gasteiger partial charge in [0, 0.05) is 6.42 Å². The molecule has 1 aromatic rings. The zero-order valence-electron chi connectivity index (χ0n) is 12.7. The third kappa shape index (κ3) is 5.31. The normalized spacial score (nSPS) is 12.6. The lowest BCUT2D eigenvalue weighted by Crippen LogP contribution is -2.19. The lowest BCUT2D eigenvalue weighted by molar-refractivity contribution is -0.117. The summed E-state index contributed by atoms with van der Waals surface area (Å²) >= 11 is 0. The van der Waals surface area contributed by atoms with Gasteiger partial charge < -0.3 is 11.1 Å². The minimum absolute atomic E-state index is 0.0434. The van der Waals surface area contributed by atoms with Gasteiger partial charge >= 0.3 is 0 Å². The number of rotatable bonds is 4. The van der Waals surface area contributed by atoms with E-state index in [1.807, 2.05) is 6.07 Å². The van der Waals surface area contributed by atoms with Crippen LogP contribution in [0.5, 0.6) is 0 Å². The maximum atomic E-state index is 12.0. The zero-order chi connectivity index (χ0) is 15.3.